The lowest BCUT2D eigenvalue weighted by Crippen LogP contribution is -2.42. The van der Waals surface area contributed by atoms with E-state index in [0.29, 0.717) is 30.5 Å². The first-order chi connectivity index (χ1) is 13.2. The van der Waals surface area contributed by atoms with E-state index in [1.807, 2.05) is 32.0 Å². The fraction of sp³-hybridized carbons (Fsp3) is 0.409. The Hall–Kier alpha value is -2.18. The highest BCUT2D eigenvalue weighted by molar-refractivity contribution is 7.89. The van der Waals surface area contributed by atoms with Crippen LogP contribution >= 0.6 is 0 Å². The molecule has 1 aliphatic heterocycles. The van der Waals surface area contributed by atoms with Gasteiger partial charge < -0.3 is 5.32 Å². The van der Waals surface area contributed by atoms with E-state index in [1.165, 1.54) is 6.07 Å². The molecule has 0 bridgehead atoms. The van der Waals surface area contributed by atoms with Crippen LogP contribution in [-0.4, -0.2) is 31.7 Å². The minimum absolute atomic E-state index is 0.169. The van der Waals surface area contributed by atoms with Crippen molar-refractivity contribution >= 4 is 21.6 Å². The van der Waals surface area contributed by atoms with Crippen molar-refractivity contribution in [2.24, 2.45) is 11.8 Å². The van der Waals surface area contributed by atoms with E-state index in [0.717, 1.165) is 23.2 Å². The maximum Gasteiger partial charge on any atom is 0.255 e. The van der Waals surface area contributed by atoms with Gasteiger partial charge in [-0.1, -0.05) is 38.1 Å². The van der Waals surface area contributed by atoms with Gasteiger partial charge in [-0.2, -0.15) is 4.31 Å². The third kappa shape index (κ3) is 4.28. The third-order valence-corrected chi connectivity index (χ3v) is 7.12. The molecule has 2 aromatic rings. The Morgan fingerprint density at radius 2 is 1.57 bits per heavy atom. The number of aryl methyl sites for hydroxylation is 2. The van der Waals surface area contributed by atoms with Crippen LogP contribution in [0.15, 0.2) is 47.4 Å². The summed E-state index contributed by atoms with van der Waals surface area (Å²) in [6.07, 6.45) is 1.03. The second-order valence-electron chi connectivity index (χ2n) is 8.02. The second-order valence-corrected chi connectivity index (χ2v) is 9.95. The van der Waals surface area contributed by atoms with Gasteiger partial charge in [0.05, 0.1) is 4.90 Å². The maximum atomic E-state index is 13.1. The Bertz CT molecular complexity index is 955. The number of para-hydroxylation sites is 1. The van der Waals surface area contributed by atoms with Crippen LogP contribution < -0.4 is 5.32 Å². The van der Waals surface area contributed by atoms with Crippen LogP contribution in [-0.2, 0) is 10.0 Å². The van der Waals surface area contributed by atoms with E-state index < -0.39 is 10.0 Å². The molecular formula is C22H28N2O3S. The Morgan fingerprint density at radius 1 is 1.00 bits per heavy atom. The van der Waals surface area contributed by atoms with Crippen molar-refractivity contribution < 1.29 is 13.2 Å². The van der Waals surface area contributed by atoms with E-state index in [9.17, 15) is 13.2 Å². The molecule has 3 rings (SSSR count). The van der Waals surface area contributed by atoms with Gasteiger partial charge in [0.25, 0.3) is 5.91 Å². The Labute approximate surface area is 167 Å². The number of piperidine rings is 1. The molecule has 1 N–H and O–H groups in total. The highest BCUT2D eigenvalue weighted by atomic mass is 32.2. The summed E-state index contributed by atoms with van der Waals surface area (Å²) in [6.45, 7) is 9.06. The maximum absolute atomic E-state index is 13.1. The van der Waals surface area contributed by atoms with Crippen LogP contribution in [0.25, 0.3) is 0 Å². The van der Waals surface area contributed by atoms with Crippen LogP contribution in [0.4, 0.5) is 5.69 Å². The average Bonchev–Trinajstić information content (AvgIpc) is 2.64. The predicted octanol–water partition coefficient (Wildman–Crippen LogP) is 4.22. The first-order valence-electron chi connectivity index (χ1n) is 9.66. The number of carbonyl (C=O) groups excluding carboxylic acids is 1. The van der Waals surface area contributed by atoms with E-state index in [1.54, 1.807) is 22.5 Å². The van der Waals surface area contributed by atoms with Crippen molar-refractivity contribution in [3.05, 3.63) is 59.2 Å². The Balaban J connectivity index is 1.86. The van der Waals surface area contributed by atoms with Gasteiger partial charge in [0.2, 0.25) is 10.0 Å². The molecule has 1 fully saturated rings. The first-order valence-corrected chi connectivity index (χ1v) is 11.1. The molecule has 1 saturated heterocycles. The van der Waals surface area contributed by atoms with Crippen LogP contribution in [0, 0.1) is 25.7 Å². The molecule has 6 heteroatoms. The van der Waals surface area contributed by atoms with Crippen LogP contribution in [0.1, 0.15) is 41.8 Å². The summed E-state index contributed by atoms with van der Waals surface area (Å²) >= 11 is 0. The Kier molecular flexibility index (Phi) is 5.91. The van der Waals surface area contributed by atoms with Crippen LogP contribution in [0.5, 0.6) is 0 Å². The average molecular weight is 401 g/mol. The quantitative estimate of drug-likeness (QED) is 0.835. The van der Waals surface area contributed by atoms with Gasteiger partial charge in [0.15, 0.2) is 0 Å². The molecule has 2 aromatic carbocycles. The number of hydrogen-bond acceptors (Lipinski definition) is 3. The molecule has 1 amide bonds. The lowest BCUT2D eigenvalue weighted by atomic mass is 9.94. The van der Waals surface area contributed by atoms with Crippen molar-refractivity contribution in [2.75, 3.05) is 18.4 Å². The van der Waals surface area contributed by atoms with Crippen LogP contribution in [0.2, 0.25) is 0 Å². The topological polar surface area (TPSA) is 66.5 Å². The fourth-order valence-corrected chi connectivity index (χ4v) is 5.67. The third-order valence-electron chi connectivity index (χ3n) is 5.29. The molecule has 2 atom stereocenters. The molecule has 1 aliphatic rings. The van der Waals surface area contributed by atoms with E-state index in [2.05, 4.69) is 19.2 Å². The minimum Gasteiger partial charge on any atom is -0.322 e. The number of amides is 1. The number of carbonyl (C=O) groups is 1. The van der Waals surface area contributed by atoms with Gasteiger partial charge >= 0.3 is 0 Å². The molecule has 28 heavy (non-hydrogen) atoms. The zero-order chi connectivity index (χ0) is 20.5. The number of sulfonamides is 1. The van der Waals surface area contributed by atoms with Crippen molar-refractivity contribution in [1.82, 2.24) is 4.31 Å². The number of anilines is 1. The number of hydrogen-bond donors (Lipinski definition) is 1. The highest BCUT2D eigenvalue weighted by Crippen LogP contribution is 2.27. The van der Waals surface area contributed by atoms with E-state index >= 15 is 0 Å². The lowest BCUT2D eigenvalue weighted by Gasteiger charge is -2.34. The number of nitrogens with one attached hydrogen (secondary N) is 1. The van der Waals surface area contributed by atoms with Crippen molar-refractivity contribution in [3.8, 4) is 0 Å². The summed E-state index contributed by atoms with van der Waals surface area (Å²) in [4.78, 5) is 12.9. The summed E-state index contributed by atoms with van der Waals surface area (Å²) in [5, 5.41) is 2.92. The van der Waals surface area contributed by atoms with Gasteiger partial charge in [-0.25, -0.2) is 8.42 Å². The van der Waals surface area contributed by atoms with Gasteiger partial charge in [0.1, 0.15) is 0 Å². The number of benzene rings is 2. The van der Waals surface area contributed by atoms with Gasteiger partial charge in [-0.15, -0.1) is 0 Å². The fourth-order valence-electron chi connectivity index (χ4n) is 3.95. The zero-order valence-corrected chi connectivity index (χ0v) is 17.7. The molecule has 0 saturated carbocycles. The van der Waals surface area contributed by atoms with E-state index in [4.69, 9.17) is 0 Å². The first kappa shape index (κ1) is 20.6. The minimum atomic E-state index is -3.62. The largest absolute Gasteiger partial charge is 0.322 e. The summed E-state index contributed by atoms with van der Waals surface area (Å²) < 4.78 is 27.8. The predicted molar refractivity (Wildman–Crippen MR) is 112 cm³/mol. The summed E-state index contributed by atoms with van der Waals surface area (Å²) in [6, 6.07) is 12.1. The molecular weight excluding hydrogens is 372 g/mol. The standard InChI is InChI=1S/C22H28N2O3S/c1-15-11-16(2)14-24(13-15)28(26,27)20-10-6-9-19(12-20)22(25)23-21-17(3)7-5-8-18(21)4/h5-10,12,15-16H,11,13-14H2,1-4H3,(H,23,25). The highest BCUT2D eigenvalue weighted by Gasteiger charge is 2.32. The molecule has 0 aliphatic carbocycles. The summed E-state index contributed by atoms with van der Waals surface area (Å²) in [5.74, 6) is 0.345. The zero-order valence-electron chi connectivity index (χ0n) is 16.9. The lowest BCUT2D eigenvalue weighted by molar-refractivity contribution is 0.102. The summed E-state index contributed by atoms with van der Waals surface area (Å²) in [5.41, 5.74) is 3.03. The molecule has 5 nitrogen and oxygen atoms in total. The second kappa shape index (κ2) is 8.05. The normalized spacial score (nSPS) is 20.7. The van der Waals surface area contributed by atoms with Crippen molar-refractivity contribution in [1.29, 1.82) is 0 Å². The van der Waals surface area contributed by atoms with Gasteiger partial charge in [-0.3, -0.25) is 4.79 Å². The molecule has 0 radical (unpaired) electrons. The molecule has 150 valence electrons. The Morgan fingerprint density at radius 3 is 2.18 bits per heavy atom. The molecule has 2 unspecified atom stereocenters. The van der Waals surface area contributed by atoms with Gasteiger partial charge in [-0.05, 0) is 61.4 Å². The van der Waals surface area contributed by atoms with E-state index in [-0.39, 0.29) is 10.8 Å². The molecule has 0 spiro atoms. The van der Waals surface area contributed by atoms with Gasteiger partial charge in [0, 0.05) is 24.3 Å². The number of rotatable bonds is 4. The van der Waals surface area contributed by atoms with Crippen molar-refractivity contribution in [3.63, 3.8) is 0 Å². The van der Waals surface area contributed by atoms with Crippen molar-refractivity contribution in [2.45, 2.75) is 39.0 Å². The number of nitrogens with zero attached hydrogens (tertiary/aromatic N) is 1. The smallest absolute Gasteiger partial charge is 0.255 e. The molecule has 0 aromatic heterocycles. The summed E-state index contributed by atoms with van der Waals surface area (Å²) in [7, 11) is -3.62. The van der Waals surface area contributed by atoms with Crippen LogP contribution in [0.3, 0.4) is 0 Å². The monoisotopic (exact) mass is 400 g/mol. The molecule has 1 heterocycles. The SMILES string of the molecule is Cc1cccc(C)c1NC(=O)c1cccc(S(=O)(=O)N2CC(C)CC(C)C2)c1.